The van der Waals surface area contributed by atoms with Gasteiger partial charge in [0.1, 0.15) is 0 Å². The van der Waals surface area contributed by atoms with Crippen molar-refractivity contribution in [1.82, 2.24) is 10.2 Å². The molecule has 5 nitrogen and oxygen atoms in total. The molecule has 0 aromatic heterocycles. The maximum atomic E-state index is 12.2. The molecule has 0 heterocycles. The third kappa shape index (κ3) is 6.37. The van der Waals surface area contributed by atoms with Crippen molar-refractivity contribution in [3.63, 3.8) is 0 Å². The minimum Gasteiger partial charge on any atom is -0.352 e. The molecule has 0 saturated heterocycles. The van der Waals surface area contributed by atoms with Gasteiger partial charge < -0.3 is 10.6 Å². The van der Waals surface area contributed by atoms with Crippen LogP contribution in [0.25, 0.3) is 0 Å². The predicted molar refractivity (Wildman–Crippen MR) is 93.0 cm³/mol. The maximum absolute atomic E-state index is 12.2. The van der Waals surface area contributed by atoms with Gasteiger partial charge in [0.25, 0.3) is 0 Å². The van der Waals surface area contributed by atoms with Crippen molar-refractivity contribution < 1.29 is 9.59 Å². The molecule has 0 unspecified atom stereocenters. The zero-order valence-corrected chi connectivity index (χ0v) is 14.6. The van der Waals surface area contributed by atoms with Gasteiger partial charge in [-0.2, -0.15) is 0 Å². The molecule has 0 bridgehead atoms. The minimum absolute atomic E-state index is 0.0294. The number of anilines is 1. The van der Waals surface area contributed by atoms with Crippen molar-refractivity contribution in [2.24, 2.45) is 0 Å². The number of halogens is 2. The summed E-state index contributed by atoms with van der Waals surface area (Å²) >= 11 is 11.9. The zero-order valence-electron chi connectivity index (χ0n) is 13.1. The van der Waals surface area contributed by atoms with Gasteiger partial charge in [-0.05, 0) is 44.0 Å². The number of nitrogens with zero attached hydrogens (tertiary/aromatic N) is 1. The van der Waals surface area contributed by atoms with Gasteiger partial charge in [-0.1, -0.05) is 30.1 Å². The van der Waals surface area contributed by atoms with E-state index in [1.54, 1.807) is 18.2 Å². The summed E-state index contributed by atoms with van der Waals surface area (Å²) in [5.74, 6) is -0.236. The molecule has 1 aliphatic carbocycles. The Hall–Kier alpha value is -1.30. The highest BCUT2D eigenvalue weighted by molar-refractivity contribution is 6.36. The van der Waals surface area contributed by atoms with Crippen molar-refractivity contribution in [3.8, 4) is 0 Å². The van der Waals surface area contributed by atoms with Gasteiger partial charge in [-0.15, -0.1) is 0 Å². The van der Waals surface area contributed by atoms with E-state index in [1.165, 1.54) is 0 Å². The Morgan fingerprint density at radius 1 is 1.22 bits per heavy atom. The number of nitrogens with one attached hydrogen (secondary N) is 2. The van der Waals surface area contributed by atoms with Crippen molar-refractivity contribution in [3.05, 3.63) is 28.2 Å². The number of hydrogen-bond acceptors (Lipinski definition) is 3. The van der Waals surface area contributed by atoms with E-state index in [0.29, 0.717) is 28.3 Å². The molecule has 126 valence electrons. The molecule has 1 aromatic rings. The Kier molecular flexibility index (Phi) is 6.69. The summed E-state index contributed by atoms with van der Waals surface area (Å²) in [7, 11) is 0. The first-order valence-corrected chi connectivity index (χ1v) is 8.50. The number of carbonyl (C=O) groups excluding carboxylic acids is 2. The van der Waals surface area contributed by atoms with Crippen LogP contribution in [0.1, 0.15) is 26.2 Å². The molecule has 2 N–H and O–H groups in total. The van der Waals surface area contributed by atoms with E-state index in [1.807, 2.05) is 11.8 Å². The van der Waals surface area contributed by atoms with Crippen LogP contribution in [0.4, 0.5) is 5.69 Å². The lowest BCUT2D eigenvalue weighted by Gasteiger charge is -2.20. The van der Waals surface area contributed by atoms with Crippen molar-refractivity contribution in [2.75, 3.05) is 25.0 Å². The van der Waals surface area contributed by atoms with Crippen LogP contribution in [0.2, 0.25) is 10.0 Å². The van der Waals surface area contributed by atoms with Crippen LogP contribution in [0.5, 0.6) is 0 Å². The third-order valence-electron chi connectivity index (χ3n) is 3.42. The quantitative estimate of drug-likeness (QED) is 0.751. The van der Waals surface area contributed by atoms with Crippen LogP contribution < -0.4 is 10.6 Å². The SMILES string of the molecule is CCCN(CC(=O)Nc1ccc(Cl)cc1Cl)CC(=O)NC1CC1. The first-order chi connectivity index (χ1) is 11.0. The number of rotatable bonds is 8. The van der Waals surface area contributed by atoms with Crippen LogP contribution in [-0.4, -0.2) is 42.4 Å². The zero-order chi connectivity index (χ0) is 16.8. The fourth-order valence-electron chi connectivity index (χ4n) is 2.22. The van der Waals surface area contributed by atoms with E-state index in [-0.39, 0.29) is 24.9 Å². The Morgan fingerprint density at radius 2 is 1.91 bits per heavy atom. The Balaban J connectivity index is 1.87. The summed E-state index contributed by atoms with van der Waals surface area (Å²) in [5.41, 5.74) is 0.514. The van der Waals surface area contributed by atoms with Gasteiger partial charge in [-0.3, -0.25) is 14.5 Å². The van der Waals surface area contributed by atoms with Gasteiger partial charge in [0, 0.05) is 11.1 Å². The molecule has 0 spiro atoms. The molecule has 23 heavy (non-hydrogen) atoms. The third-order valence-corrected chi connectivity index (χ3v) is 3.97. The van der Waals surface area contributed by atoms with Gasteiger partial charge in [-0.25, -0.2) is 0 Å². The molecule has 1 aromatic carbocycles. The molecular weight excluding hydrogens is 337 g/mol. The average Bonchev–Trinajstić information content (AvgIpc) is 3.26. The summed E-state index contributed by atoms with van der Waals surface area (Å²) in [6, 6.07) is 5.22. The average molecular weight is 358 g/mol. The summed E-state index contributed by atoms with van der Waals surface area (Å²) in [6.45, 7) is 3.07. The maximum Gasteiger partial charge on any atom is 0.238 e. The van der Waals surface area contributed by atoms with Gasteiger partial charge >= 0.3 is 0 Å². The molecular formula is C16H21Cl2N3O2. The van der Waals surface area contributed by atoms with Crippen LogP contribution in [0.3, 0.4) is 0 Å². The van der Waals surface area contributed by atoms with Gasteiger partial charge in [0.05, 0.1) is 23.8 Å². The lowest BCUT2D eigenvalue weighted by atomic mass is 10.3. The largest absolute Gasteiger partial charge is 0.352 e. The number of hydrogen-bond donors (Lipinski definition) is 2. The summed E-state index contributed by atoms with van der Waals surface area (Å²) in [5, 5.41) is 6.58. The summed E-state index contributed by atoms with van der Waals surface area (Å²) < 4.78 is 0. The predicted octanol–water partition coefficient (Wildman–Crippen LogP) is 2.92. The smallest absolute Gasteiger partial charge is 0.238 e. The van der Waals surface area contributed by atoms with Crippen LogP contribution >= 0.6 is 23.2 Å². The van der Waals surface area contributed by atoms with Crippen LogP contribution in [-0.2, 0) is 9.59 Å². The second kappa shape index (κ2) is 8.52. The standard InChI is InChI=1S/C16H21Cl2N3O2/c1-2-7-21(9-15(22)19-12-4-5-12)10-16(23)20-14-6-3-11(17)8-13(14)18/h3,6,8,12H,2,4-5,7,9-10H2,1H3,(H,19,22)(H,20,23). The first-order valence-electron chi connectivity index (χ1n) is 7.74. The summed E-state index contributed by atoms with van der Waals surface area (Å²) in [6.07, 6.45) is 2.97. The minimum atomic E-state index is -0.207. The van der Waals surface area contributed by atoms with E-state index >= 15 is 0 Å². The fraction of sp³-hybridized carbons (Fsp3) is 0.500. The fourth-order valence-corrected chi connectivity index (χ4v) is 2.67. The van der Waals surface area contributed by atoms with Gasteiger partial charge in [0.2, 0.25) is 11.8 Å². The topological polar surface area (TPSA) is 61.4 Å². The molecule has 0 aliphatic heterocycles. The first kappa shape index (κ1) is 18.0. The van der Waals surface area contributed by atoms with Gasteiger partial charge in [0.15, 0.2) is 0 Å². The van der Waals surface area contributed by atoms with E-state index in [9.17, 15) is 9.59 Å². The van der Waals surface area contributed by atoms with Crippen molar-refractivity contribution in [1.29, 1.82) is 0 Å². The van der Waals surface area contributed by atoms with Crippen molar-refractivity contribution >= 4 is 40.7 Å². The number of benzene rings is 1. The van der Waals surface area contributed by atoms with E-state index in [4.69, 9.17) is 23.2 Å². The monoisotopic (exact) mass is 357 g/mol. The highest BCUT2D eigenvalue weighted by Crippen LogP contribution is 2.25. The van der Waals surface area contributed by atoms with E-state index in [0.717, 1.165) is 19.3 Å². The molecule has 1 fully saturated rings. The summed E-state index contributed by atoms with van der Waals surface area (Å²) in [4.78, 5) is 25.9. The second-order valence-electron chi connectivity index (χ2n) is 5.72. The molecule has 0 radical (unpaired) electrons. The van der Waals surface area contributed by atoms with Crippen molar-refractivity contribution in [2.45, 2.75) is 32.2 Å². The van der Waals surface area contributed by atoms with Crippen LogP contribution in [0.15, 0.2) is 18.2 Å². The lowest BCUT2D eigenvalue weighted by molar-refractivity contribution is -0.123. The Labute approximate surface area is 146 Å². The normalized spacial score (nSPS) is 13.9. The van der Waals surface area contributed by atoms with E-state index in [2.05, 4.69) is 10.6 Å². The molecule has 1 aliphatic rings. The molecule has 0 atom stereocenters. The number of carbonyl (C=O) groups is 2. The Bertz CT molecular complexity index is 576. The number of amides is 2. The highest BCUT2D eigenvalue weighted by Gasteiger charge is 2.24. The Morgan fingerprint density at radius 3 is 2.52 bits per heavy atom. The highest BCUT2D eigenvalue weighted by atomic mass is 35.5. The molecule has 1 saturated carbocycles. The molecule has 2 amide bonds. The lowest BCUT2D eigenvalue weighted by Crippen LogP contribution is -2.42. The van der Waals surface area contributed by atoms with Crippen LogP contribution in [0, 0.1) is 0 Å². The van der Waals surface area contributed by atoms with E-state index < -0.39 is 0 Å². The second-order valence-corrected chi connectivity index (χ2v) is 6.57. The molecule has 2 rings (SSSR count). The molecule has 7 heteroatoms.